The smallest absolute Gasteiger partial charge is 0.0449 e. The summed E-state index contributed by atoms with van der Waals surface area (Å²) in [6.45, 7) is 0. The van der Waals surface area contributed by atoms with E-state index in [9.17, 15) is 0 Å². The van der Waals surface area contributed by atoms with Crippen LogP contribution in [0.5, 0.6) is 0 Å². The second kappa shape index (κ2) is 11.1. The fourth-order valence-corrected chi connectivity index (χ4v) is 8.97. The van der Waals surface area contributed by atoms with Gasteiger partial charge in [-0.3, -0.25) is 9.97 Å². The molecule has 0 aliphatic heterocycles. The van der Waals surface area contributed by atoms with E-state index in [2.05, 4.69) is 94.9 Å². The molecule has 0 amide bonds. The third-order valence-electron chi connectivity index (χ3n) is 5.04. The van der Waals surface area contributed by atoms with Crippen molar-refractivity contribution < 1.29 is 0 Å². The van der Waals surface area contributed by atoms with Gasteiger partial charge in [-0.1, -0.05) is 88.6 Å². The summed E-state index contributed by atoms with van der Waals surface area (Å²) in [6.07, 6.45) is 8.33. The number of benzene rings is 2. The maximum Gasteiger partial charge on any atom is 0.0449 e. The molecule has 0 aliphatic rings. The van der Waals surface area contributed by atoms with Crippen LogP contribution < -0.4 is 10.6 Å². The molecule has 0 spiro atoms. The molecule has 0 aliphatic carbocycles. The predicted octanol–water partition coefficient (Wildman–Crippen LogP) is 5.79. The summed E-state index contributed by atoms with van der Waals surface area (Å²) < 4.78 is 0. The molecular formula is C26H26N2P2. The normalized spacial score (nSPS) is 12.9. The number of aromatic nitrogens is 2. The molecule has 4 heteroatoms. The quantitative estimate of drug-likeness (QED) is 0.315. The Labute approximate surface area is 182 Å². The minimum absolute atomic E-state index is 0.296. The topological polar surface area (TPSA) is 25.8 Å². The molecule has 2 aromatic carbocycles. The minimum Gasteiger partial charge on any atom is -0.261 e. The number of rotatable bonds is 9. The summed E-state index contributed by atoms with van der Waals surface area (Å²) in [6, 6.07) is 34.5. The Kier molecular flexibility index (Phi) is 7.73. The largest absolute Gasteiger partial charge is 0.261 e. The van der Waals surface area contributed by atoms with Crippen molar-refractivity contribution in [3.8, 4) is 0 Å². The molecule has 0 bridgehead atoms. The lowest BCUT2D eigenvalue weighted by Crippen LogP contribution is -2.12. The molecule has 2 nitrogen and oxygen atoms in total. The van der Waals surface area contributed by atoms with Crippen molar-refractivity contribution >= 4 is 26.5 Å². The first-order valence-electron chi connectivity index (χ1n) is 10.3. The van der Waals surface area contributed by atoms with Crippen molar-refractivity contribution in [2.24, 2.45) is 0 Å². The lowest BCUT2D eigenvalue weighted by molar-refractivity contribution is 1.16. The molecule has 4 rings (SSSR count). The summed E-state index contributed by atoms with van der Waals surface area (Å²) in [5, 5.41) is 2.94. The number of hydrogen-bond acceptors (Lipinski definition) is 2. The zero-order valence-electron chi connectivity index (χ0n) is 17.0. The third kappa shape index (κ3) is 6.05. The van der Waals surface area contributed by atoms with Crippen LogP contribution in [0.25, 0.3) is 0 Å². The Balaban J connectivity index is 1.54. The minimum atomic E-state index is -0.296. The molecule has 0 fully saturated rings. The van der Waals surface area contributed by atoms with E-state index in [1.165, 1.54) is 34.3 Å². The third-order valence-corrected chi connectivity index (χ3v) is 10.4. The molecule has 2 unspecified atom stereocenters. The number of pyridine rings is 2. The van der Waals surface area contributed by atoms with Crippen molar-refractivity contribution in [3.05, 3.63) is 121 Å². The van der Waals surface area contributed by atoms with Crippen molar-refractivity contribution in [3.63, 3.8) is 0 Å². The Morgan fingerprint density at radius 2 is 0.867 bits per heavy atom. The van der Waals surface area contributed by atoms with Gasteiger partial charge in [0.2, 0.25) is 0 Å². The molecule has 4 aromatic rings. The van der Waals surface area contributed by atoms with Crippen LogP contribution in [0.3, 0.4) is 0 Å². The average Bonchev–Trinajstić information content (AvgIpc) is 2.83. The molecule has 2 atom stereocenters. The van der Waals surface area contributed by atoms with Crippen LogP contribution in [-0.4, -0.2) is 22.3 Å². The highest BCUT2D eigenvalue weighted by Gasteiger charge is 2.18. The van der Waals surface area contributed by atoms with Gasteiger partial charge in [-0.05, 0) is 47.2 Å². The van der Waals surface area contributed by atoms with Gasteiger partial charge in [0.15, 0.2) is 0 Å². The molecular weight excluding hydrogens is 402 g/mol. The van der Waals surface area contributed by atoms with Crippen molar-refractivity contribution in [2.75, 3.05) is 12.3 Å². The summed E-state index contributed by atoms with van der Waals surface area (Å²) in [5.74, 6) is 0. The molecule has 150 valence electrons. The zero-order chi connectivity index (χ0) is 20.4. The number of nitrogens with zero attached hydrogens (tertiary/aromatic N) is 2. The first kappa shape index (κ1) is 20.9. The average molecular weight is 428 g/mol. The van der Waals surface area contributed by atoms with Crippen LogP contribution in [0.2, 0.25) is 0 Å². The lowest BCUT2D eigenvalue weighted by Gasteiger charge is -2.23. The van der Waals surface area contributed by atoms with E-state index in [4.69, 9.17) is 0 Å². The van der Waals surface area contributed by atoms with Crippen LogP contribution in [0.4, 0.5) is 0 Å². The monoisotopic (exact) mass is 428 g/mol. The second-order valence-electron chi connectivity index (χ2n) is 7.16. The summed E-state index contributed by atoms with van der Waals surface area (Å²) >= 11 is 0. The van der Waals surface area contributed by atoms with Crippen molar-refractivity contribution in [1.29, 1.82) is 0 Å². The summed E-state index contributed by atoms with van der Waals surface area (Å²) in [5.41, 5.74) is 2.39. The van der Waals surface area contributed by atoms with Crippen LogP contribution in [-0.2, 0) is 12.3 Å². The van der Waals surface area contributed by atoms with Crippen LogP contribution in [0.15, 0.2) is 109 Å². The molecule has 0 saturated carbocycles. The van der Waals surface area contributed by atoms with Crippen LogP contribution >= 0.6 is 15.8 Å². The van der Waals surface area contributed by atoms with E-state index in [0.717, 1.165) is 12.3 Å². The number of hydrogen-bond donors (Lipinski definition) is 0. The standard InChI is InChI=1S/C26H26N2P2/c1-3-13-25(14-4-1)29(21-23-11-7-9-17-27-23)19-20-30(26-15-5-2-6-16-26)22-24-12-8-10-18-28-24/h1-18H,19-22H2. The van der Waals surface area contributed by atoms with E-state index < -0.39 is 0 Å². The molecule has 0 radical (unpaired) electrons. The predicted molar refractivity (Wildman–Crippen MR) is 132 cm³/mol. The van der Waals surface area contributed by atoms with Gasteiger partial charge < -0.3 is 0 Å². The van der Waals surface area contributed by atoms with Gasteiger partial charge >= 0.3 is 0 Å². The first-order valence-corrected chi connectivity index (χ1v) is 13.7. The molecule has 2 heterocycles. The van der Waals surface area contributed by atoms with Crippen LogP contribution in [0, 0.1) is 0 Å². The van der Waals surface area contributed by atoms with Crippen molar-refractivity contribution in [2.45, 2.75) is 12.3 Å². The first-order chi connectivity index (χ1) is 14.9. The maximum absolute atomic E-state index is 4.61. The van der Waals surface area contributed by atoms with Crippen LogP contribution in [0.1, 0.15) is 11.4 Å². The summed E-state index contributed by atoms with van der Waals surface area (Å²) in [4.78, 5) is 9.22. The van der Waals surface area contributed by atoms with Gasteiger partial charge in [0.25, 0.3) is 0 Å². The molecule has 0 N–H and O–H groups in total. The summed E-state index contributed by atoms with van der Waals surface area (Å²) in [7, 11) is -0.592. The van der Waals surface area contributed by atoms with E-state index in [1.54, 1.807) is 0 Å². The Morgan fingerprint density at radius 3 is 1.23 bits per heavy atom. The highest BCUT2D eigenvalue weighted by atomic mass is 31.1. The Hall–Kier alpha value is -2.40. The second-order valence-corrected chi connectivity index (χ2v) is 11.9. The lowest BCUT2D eigenvalue weighted by atomic mass is 10.4. The van der Waals surface area contributed by atoms with Gasteiger partial charge in [-0.25, -0.2) is 0 Å². The van der Waals surface area contributed by atoms with Gasteiger partial charge in [-0.15, -0.1) is 0 Å². The van der Waals surface area contributed by atoms with Crippen molar-refractivity contribution in [1.82, 2.24) is 9.97 Å². The highest BCUT2D eigenvalue weighted by Crippen LogP contribution is 2.45. The molecule has 0 saturated heterocycles. The van der Waals surface area contributed by atoms with E-state index in [-0.39, 0.29) is 15.8 Å². The SMILES string of the molecule is c1ccc(P(CCP(Cc2ccccn2)c2ccccc2)Cc2ccccn2)cc1. The zero-order valence-corrected chi connectivity index (χ0v) is 18.8. The molecule has 2 aromatic heterocycles. The van der Waals surface area contributed by atoms with Gasteiger partial charge in [0.1, 0.15) is 0 Å². The molecule has 30 heavy (non-hydrogen) atoms. The van der Waals surface area contributed by atoms with Gasteiger partial charge in [-0.2, -0.15) is 0 Å². The fourth-order valence-electron chi connectivity index (χ4n) is 3.49. The Bertz CT molecular complexity index is 911. The van der Waals surface area contributed by atoms with Gasteiger partial charge in [0, 0.05) is 36.1 Å². The van der Waals surface area contributed by atoms with E-state index in [0.29, 0.717) is 0 Å². The van der Waals surface area contributed by atoms with E-state index >= 15 is 0 Å². The maximum atomic E-state index is 4.61. The van der Waals surface area contributed by atoms with Gasteiger partial charge in [0.05, 0.1) is 0 Å². The highest BCUT2D eigenvalue weighted by molar-refractivity contribution is 7.68. The Morgan fingerprint density at radius 1 is 0.467 bits per heavy atom. The fraction of sp³-hybridized carbons (Fsp3) is 0.154. The van der Waals surface area contributed by atoms with E-state index in [1.807, 2.05) is 24.5 Å².